The van der Waals surface area contributed by atoms with Crippen molar-refractivity contribution in [3.05, 3.63) is 59.7 Å². The zero-order chi connectivity index (χ0) is 24.0. The van der Waals surface area contributed by atoms with Crippen molar-refractivity contribution < 1.29 is 24.2 Å². The monoisotopic (exact) mass is 452 g/mol. The predicted molar refractivity (Wildman–Crippen MR) is 126 cm³/mol. The Balaban J connectivity index is 1.69. The molecule has 1 aliphatic rings. The number of carboxylic acids is 1. The fourth-order valence-corrected chi connectivity index (χ4v) is 4.47. The Hall–Kier alpha value is -3.35. The van der Waals surface area contributed by atoms with E-state index < -0.39 is 29.6 Å². The molecule has 0 spiro atoms. The summed E-state index contributed by atoms with van der Waals surface area (Å²) < 4.78 is 5.62. The van der Waals surface area contributed by atoms with E-state index in [0.717, 1.165) is 22.3 Å². The van der Waals surface area contributed by atoms with Crippen LogP contribution in [0.4, 0.5) is 4.79 Å². The van der Waals surface area contributed by atoms with Crippen LogP contribution in [0.2, 0.25) is 0 Å². The Kier molecular flexibility index (Phi) is 7.74. The van der Waals surface area contributed by atoms with Gasteiger partial charge in [-0.1, -0.05) is 69.3 Å². The Morgan fingerprint density at radius 3 is 2.00 bits per heavy atom. The average molecular weight is 453 g/mol. The second-order valence-electron chi connectivity index (χ2n) is 8.42. The van der Waals surface area contributed by atoms with Crippen LogP contribution in [0.1, 0.15) is 63.5 Å². The van der Waals surface area contributed by atoms with E-state index in [4.69, 9.17) is 9.84 Å². The molecule has 0 aromatic heterocycles. The number of carbonyl (C=O) groups is 3. The first-order chi connectivity index (χ1) is 15.8. The third-order valence-electron chi connectivity index (χ3n) is 6.58. The molecule has 7 nitrogen and oxygen atoms in total. The van der Waals surface area contributed by atoms with Gasteiger partial charge in [0.2, 0.25) is 5.91 Å². The number of alkyl carbamates (subject to hydrolysis) is 1. The largest absolute Gasteiger partial charge is 0.481 e. The highest BCUT2D eigenvalue weighted by Gasteiger charge is 2.38. The van der Waals surface area contributed by atoms with Crippen LogP contribution in [0.3, 0.4) is 0 Å². The van der Waals surface area contributed by atoms with Crippen LogP contribution in [0.25, 0.3) is 11.1 Å². The molecule has 33 heavy (non-hydrogen) atoms. The Labute approximate surface area is 194 Å². The molecular formula is C26H32N2O5. The Bertz CT molecular complexity index is 970. The molecule has 0 saturated heterocycles. The maximum absolute atomic E-state index is 13.0. The predicted octanol–water partition coefficient (Wildman–Crippen LogP) is 4.45. The first kappa shape index (κ1) is 24.3. The van der Waals surface area contributed by atoms with Gasteiger partial charge in [0.05, 0.1) is 6.42 Å². The number of hydrogen-bond donors (Lipinski definition) is 3. The van der Waals surface area contributed by atoms with Crippen LogP contribution < -0.4 is 10.6 Å². The molecule has 3 rings (SSSR count). The summed E-state index contributed by atoms with van der Waals surface area (Å²) in [4.78, 5) is 36.9. The third-order valence-corrected chi connectivity index (χ3v) is 6.58. The van der Waals surface area contributed by atoms with E-state index in [1.165, 1.54) is 0 Å². The first-order valence-electron chi connectivity index (χ1n) is 11.5. The summed E-state index contributed by atoms with van der Waals surface area (Å²) in [5.41, 5.74) is 3.33. The number of nitrogens with one attached hydrogen (secondary N) is 2. The lowest BCUT2D eigenvalue weighted by molar-refractivity contribution is -0.138. The van der Waals surface area contributed by atoms with Crippen molar-refractivity contribution in [1.82, 2.24) is 10.6 Å². The maximum Gasteiger partial charge on any atom is 0.408 e. The van der Waals surface area contributed by atoms with Gasteiger partial charge in [-0.25, -0.2) is 4.79 Å². The van der Waals surface area contributed by atoms with Crippen LogP contribution in [0.15, 0.2) is 48.5 Å². The Morgan fingerprint density at radius 1 is 0.970 bits per heavy atom. The number of benzene rings is 2. The quantitative estimate of drug-likeness (QED) is 0.494. The van der Waals surface area contributed by atoms with E-state index in [2.05, 4.69) is 22.8 Å². The van der Waals surface area contributed by atoms with Gasteiger partial charge in [-0.3, -0.25) is 9.59 Å². The fourth-order valence-electron chi connectivity index (χ4n) is 4.47. The molecule has 2 amide bonds. The molecule has 1 atom stereocenters. The van der Waals surface area contributed by atoms with Crippen molar-refractivity contribution in [2.75, 3.05) is 6.61 Å². The zero-order valence-electron chi connectivity index (χ0n) is 19.4. The van der Waals surface area contributed by atoms with Crippen molar-refractivity contribution >= 4 is 18.0 Å². The highest BCUT2D eigenvalue weighted by Crippen LogP contribution is 2.44. The van der Waals surface area contributed by atoms with E-state index >= 15 is 0 Å². The van der Waals surface area contributed by atoms with Crippen molar-refractivity contribution in [2.24, 2.45) is 0 Å². The number of fused-ring (bicyclic) bond motifs is 3. The lowest BCUT2D eigenvalue weighted by atomic mass is 9.91. The molecule has 2 aromatic carbocycles. The highest BCUT2D eigenvalue weighted by molar-refractivity contribution is 5.90. The Morgan fingerprint density at radius 2 is 1.52 bits per heavy atom. The molecule has 0 fully saturated rings. The molecule has 0 heterocycles. The lowest BCUT2D eigenvalue weighted by Gasteiger charge is -2.32. The number of carboxylic acid groups (broad SMARTS) is 1. The van der Waals surface area contributed by atoms with Gasteiger partial charge in [-0.15, -0.1) is 0 Å². The van der Waals surface area contributed by atoms with Gasteiger partial charge in [0.25, 0.3) is 0 Å². The van der Waals surface area contributed by atoms with E-state index in [9.17, 15) is 14.4 Å². The summed E-state index contributed by atoms with van der Waals surface area (Å²) in [6, 6.07) is 15.7. The van der Waals surface area contributed by atoms with Gasteiger partial charge in [0.15, 0.2) is 0 Å². The number of amides is 2. The van der Waals surface area contributed by atoms with E-state index in [-0.39, 0.29) is 18.9 Å². The summed E-state index contributed by atoms with van der Waals surface area (Å²) in [6.45, 7) is 5.59. The van der Waals surface area contributed by atoms with Crippen LogP contribution in [0, 0.1) is 0 Å². The summed E-state index contributed by atoms with van der Waals surface area (Å²) >= 11 is 0. The van der Waals surface area contributed by atoms with Gasteiger partial charge in [-0.2, -0.15) is 0 Å². The smallest absolute Gasteiger partial charge is 0.408 e. The van der Waals surface area contributed by atoms with Crippen LogP contribution in [-0.2, 0) is 14.3 Å². The van der Waals surface area contributed by atoms with Gasteiger partial charge in [0, 0.05) is 12.0 Å². The topological polar surface area (TPSA) is 105 Å². The van der Waals surface area contributed by atoms with Crippen LogP contribution in [-0.4, -0.2) is 41.3 Å². The molecule has 0 unspecified atom stereocenters. The first-order valence-corrected chi connectivity index (χ1v) is 11.5. The van der Waals surface area contributed by atoms with Crippen molar-refractivity contribution in [2.45, 2.75) is 64.0 Å². The summed E-state index contributed by atoms with van der Waals surface area (Å²) in [7, 11) is 0. The van der Waals surface area contributed by atoms with Crippen LogP contribution in [0.5, 0.6) is 0 Å². The third kappa shape index (κ3) is 5.18. The van der Waals surface area contributed by atoms with Crippen molar-refractivity contribution in [1.29, 1.82) is 0 Å². The molecule has 7 heteroatoms. The van der Waals surface area contributed by atoms with Crippen molar-refractivity contribution in [3.63, 3.8) is 0 Å². The SMILES string of the molecule is CC[C@H](CC(=O)O)NC(=O)C(CC)(CC)NC(=O)OCC1c2ccccc2-c2ccccc21. The van der Waals surface area contributed by atoms with Gasteiger partial charge < -0.3 is 20.5 Å². The van der Waals surface area contributed by atoms with Gasteiger partial charge in [0.1, 0.15) is 12.1 Å². The number of rotatable bonds is 10. The minimum atomic E-state index is -1.17. The average Bonchev–Trinajstić information content (AvgIpc) is 3.14. The van der Waals surface area contributed by atoms with Gasteiger partial charge >= 0.3 is 12.1 Å². The number of aliphatic carboxylic acids is 1. The minimum Gasteiger partial charge on any atom is -0.481 e. The lowest BCUT2D eigenvalue weighted by Crippen LogP contribution is -2.60. The number of hydrogen-bond acceptors (Lipinski definition) is 4. The molecule has 0 saturated carbocycles. The molecule has 176 valence electrons. The molecule has 3 N–H and O–H groups in total. The highest BCUT2D eigenvalue weighted by atomic mass is 16.5. The zero-order valence-corrected chi connectivity index (χ0v) is 19.4. The molecular weight excluding hydrogens is 420 g/mol. The second kappa shape index (κ2) is 10.5. The van der Waals surface area contributed by atoms with E-state index in [0.29, 0.717) is 19.3 Å². The number of ether oxygens (including phenoxy) is 1. The molecule has 2 aromatic rings. The second-order valence-corrected chi connectivity index (χ2v) is 8.42. The fraction of sp³-hybridized carbons (Fsp3) is 0.423. The molecule has 0 radical (unpaired) electrons. The maximum atomic E-state index is 13.0. The minimum absolute atomic E-state index is 0.0744. The van der Waals surface area contributed by atoms with E-state index in [1.54, 1.807) is 0 Å². The summed E-state index contributed by atoms with van der Waals surface area (Å²) in [5.74, 6) is -1.45. The normalized spacial score (nSPS) is 13.5. The number of carbonyl (C=O) groups excluding carboxylic acids is 2. The van der Waals surface area contributed by atoms with Crippen molar-refractivity contribution in [3.8, 4) is 11.1 Å². The summed E-state index contributed by atoms with van der Waals surface area (Å²) in [5, 5.41) is 14.6. The van der Waals surface area contributed by atoms with E-state index in [1.807, 2.05) is 57.2 Å². The molecule has 1 aliphatic carbocycles. The van der Waals surface area contributed by atoms with Gasteiger partial charge in [-0.05, 0) is 41.5 Å². The van der Waals surface area contributed by atoms with Crippen LogP contribution >= 0.6 is 0 Å². The standard InChI is InChI=1S/C26H32N2O5/c1-4-17(15-23(29)30)27-24(31)26(5-2,6-3)28-25(32)33-16-22-20-13-9-7-11-18(20)19-12-8-10-14-21(19)22/h7-14,17,22H,4-6,15-16H2,1-3H3,(H,27,31)(H,28,32)(H,29,30)/t17-/m1/s1. The molecule has 0 bridgehead atoms. The summed E-state index contributed by atoms with van der Waals surface area (Å²) in [6.07, 6.45) is 0.344. The molecule has 0 aliphatic heterocycles.